The van der Waals surface area contributed by atoms with Gasteiger partial charge in [-0.3, -0.25) is 14.9 Å². The van der Waals surface area contributed by atoms with Crippen LogP contribution in [0.3, 0.4) is 0 Å². The van der Waals surface area contributed by atoms with Crippen LogP contribution in [0.4, 0.5) is 5.88 Å². The maximum atomic E-state index is 11.9. The third-order valence-electron chi connectivity index (χ3n) is 3.56. The molecule has 9 nitrogen and oxygen atoms in total. The molecule has 2 N–H and O–H groups in total. The van der Waals surface area contributed by atoms with Crippen LogP contribution in [0.2, 0.25) is 0 Å². The first kappa shape index (κ1) is 22.3. The highest BCUT2D eigenvalue weighted by atomic mass is 32.2. The molecule has 0 spiro atoms. The molecule has 156 valence electrons. The number of esters is 1. The number of nitrogens with zero attached hydrogens (tertiary/aromatic N) is 1. The van der Waals surface area contributed by atoms with Gasteiger partial charge in [-0.15, -0.1) is 0 Å². The largest absolute Gasteiger partial charge is 0.455 e. The minimum Gasteiger partial charge on any atom is -0.455 e. The Morgan fingerprint density at radius 1 is 1.21 bits per heavy atom. The number of nitrogens with one attached hydrogen (secondary N) is 2. The molecule has 0 atom stereocenters. The molecule has 0 saturated heterocycles. The number of anilines is 1. The first-order valence-corrected chi connectivity index (χ1v) is 10.3. The van der Waals surface area contributed by atoms with E-state index in [1.807, 2.05) is 26.8 Å². The smallest absolute Gasteiger partial charge is 0.321 e. The summed E-state index contributed by atoms with van der Waals surface area (Å²) in [5.41, 5.74) is 1.10. The van der Waals surface area contributed by atoms with Crippen molar-refractivity contribution in [2.24, 2.45) is 0 Å². The average Bonchev–Trinajstić information content (AvgIpc) is 3.13. The quantitative estimate of drug-likeness (QED) is 0.624. The molecule has 1 amide bonds. The molecule has 2 rings (SSSR count). The van der Waals surface area contributed by atoms with Gasteiger partial charge in [-0.05, 0) is 11.6 Å². The highest BCUT2D eigenvalue weighted by molar-refractivity contribution is 7.92. The minimum atomic E-state index is -3.83. The molecule has 0 radical (unpaired) electrons. The molecule has 1 heterocycles. The zero-order chi connectivity index (χ0) is 21.5. The standard InChI is InChI=1S/C19H23N3O6S/c1-19(2,3)15-11-17(28-22-15)21-16(23)13-27-18(24)12-20-29(25,26)10-9-14-7-5-4-6-8-14/h4-11,20H,12-13H2,1-3H3,(H,21,23)/b10-9+. The summed E-state index contributed by atoms with van der Waals surface area (Å²) in [7, 11) is -3.83. The summed E-state index contributed by atoms with van der Waals surface area (Å²) in [4.78, 5) is 23.5. The van der Waals surface area contributed by atoms with E-state index in [0.29, 0.717) is 11.3 Å². The summed E-state index contributed by atoms with van der Waals surface area (Å²) in [6, 6.07) is 10.4. The van der Waals surface area contributed by atoms with E-state index in [4.69, 9.17) is 9.26 Å². The number of carbonyl (C=O) groups excluding carboxylic acids is 2. The van der Waals surface area contributed by atoms with Crippen LogP contribution < -0.4 is 10.0 Å². The van der Waals surface area contributed by atoms with Crippen LogP contribution in [-0.2, 0) is 29.8 Å². The van der Waals surface area contributed by atoms with E-state index >= 15 is 0 Å². The topological polar surface area (TPSA) is 128 Å². The maximum absolute atomic E-state index is 11.9. The van der Waals surface area contributed by atoms with Gasteiger partial charge < -0.3 is 9.26 Å². The Bertz CT molecular complexity index is 975. The lowest BCUT2D eigenvalue weighted by Crippen LogP contribution is -2.31. The Kier molecular flexibility index (Phi) is 7.29. The second-order valence-electron chi connectivity index (χ2n) is 7.11. The molecule has 0 bridgehead atoms. The van der Waals surface area contributed by atoms with E-state index in [9.17, 15) is 18.0 Å². The van der Waals surface area contributed by atoms with Crippen LogP contribution >= 0.6 is 0 Å². The fourth-order valence-corrected chi connectivity index (χ4v) is 2.75. The Balaban J connectivity index is 1.75. The van der Waals surface area contributed by atoms with Gasteiger partial charge in [-0.1, -0.05) is 56.3 Å². The second-order valence-corrected chi connectivity index (χ2v) is 8.77. The lowest BCUT2D eigenvalue weighted by Gasteiger charge is -2.12. The van der Waals surface area contributed by atoms with E-state index < -0.39 is 35.1 Å². The normalized spacial score (nSPS) is 12.1. The molecular weight excluding hydrogens is 398 g/mol. The van der Waals surface area contributed by atoms with Gasteiger partial charge in [0.1, 0.15) is 6.54 Å². The van der Waals surface area contributed by atoms with Crippen molar-refractivity contribution >= 4 is 33.9 Å². The SMILES string of the molecule is CC(C)(C)c1cc(NC(=O)COC(=O)CNS(=O)(=O)/C=C/c2ccccc2)on1. The van der Waals surface area contributed by atoms with Crippen LogP contribution in [-0.4, -0.2) is 38.6 Å². The fraction of sp³-hybridized carbons (Fsp3) is 0.316. The molecule has 1 aromatic carbocycles. The van der Waals surface area contributed by atoms with Gasteiger partial charge >= 0.3 is 5.97 Å². The van der Waals surface area contributed by atoms with Crippen LogP contribution in [0.15, 0.2) is 46.3 Å². The molecule has 0 saturated carbocycles. The molecule has 0 aliphatic carbocycles. The van der Waals surface area contributed by atoms with Crippen molar-refractivity contribution in [3.8, 4) is 0 Å². The summed E-state index contributed by atoms with van der Waals surface area (Å²) in [5, 5.41) is 7.20. The lowest BCUT2D eigenvalue weighted by atomic mass is 9.92. The van der Waals surface area contributed by atoms with Gasteiger partial charge in [-0.2, -0.15) is 0 Å². The molecule has 0 aliphatic rings. The van der Waals surface area contributed by atoms with Gasteiger partial charge in [0.05, 0.1) is 5.69 Å². The van der Waals surface area contributed by atoms with Crippen LogP contribution in [0.5, 0.6) is 0 Å². The number of hydrogen-bond donors (Lipinski definition) is 2. The molecular formula is C19H23N3O6S. The number of aromatic nitrogens is 1. The van der Waals surface area contributed by atoms with E-state index in [0.717, 1.165) is 5.41 Å². The van der Waals surface area contributed by atoms with Crippen molar-refractivity contribution in [2.75, 3.05) is 18.5 Å². The summed E-state index contributed by atoms with van der Waals surface area (Å²) in [6.45, 7) is 4.62. The number of hydrogen-bond acceptors (Lipinski definition) is 7. The molecule has 0 unspecified atom stereocenters. The van der Waals surface area contributed by atoms with Gasteiger partial charge in [0.2, 0.25) is 15.9 Å². The zero-order valence-electron chi connectivity index (χ0n) is 16.3. The van der Waals surface area contributed by atoms with Gasteiger partial charge in [0, 0.05) is 16.9 Å². The highest BCUT2D eigenvalue weighted by Gasteiger charge is 2.20. The molecule has 2 aromatic rings. The first-order chi connectivity index (χ1) is 13.5. The van der Waals surface area contributed by atoms with Crippen molar-refractivity contribution in [3.05, 3.63) is 53.1 Å². The summed E-state index contributed by atoms with van der Waals surface area (Å²) >= 11 is 0. The number of ether oxygens (including phenoxy) is 1. The lowest BCUT2D eigenvalue weighted by molar-refractivity contribution is -0.146. The third-order valence-corrected chi connectivity index (χ3v) is 4.60. The van der Waals surface area contributed by atoms with E-state index in [2.05, 4.69) is 15.2 Å². The summed E-state index contributed by atoms with van der Waals surface area (Å²) < 4.78 is 35.6. The summed E-state index contributed by atoms with van der Waals surface area (Å²) in [6.07, 6.45) is 1.39. The Morgan fingerprint density at radius 2 is 1.90 bits per heavy atom. The fourth-order valence-electron chi connectivity index (χ4n) is 2.00. The van der Waals surface area contributed by atoms with Crippen molar-refractivity contribution in [3.63, 3.8) is 0 Å². The van der Waals surface area contributed by atoms with Crippen molar-refractivity contribution in [1.82, 2.24) is 9.88 Å². The first-order valence-electron chi connectivity index (χ1n) is 8.71. The van der Waals surface area contributed by atoms with Crippen molar-refractivity contribution in [2.45, 2.75) is 26.2 Å². The predicted molar refractivity (Wildman–Crippen MR) is 107 cm³/mol. The predicted octanol–water partition coefficient (Wildman–Crippen LogP) is 2.04. The average molecular weight is 421 g/mol. The van der Waals surface area contributed by atoms with E-state index in [1.165, 1.54) is 6.08 Å². The highest BCUT2D eigenvalue weighted by Crippen LogP contribution is 2.23. The molecule has 0 fully saturated rings. The maximum Gasteiger partial charge on any atom is 0.321 e. The molecule has 29 heavy (non-hydrogen) atoms. The monoisotopic (exact) mass is 421 g/mol. The number of sulfonamides is 1. The Labute approximate surface area is 169 Å². The Morgan fingerprint density at radius 3 is 2.52 bits per heavy atom. The number of benzene rings is 1. The summed E-state index contributed by atoms with van der Waals surface area (Å²) in [5.74, 6) is -1.41. The third kappa shape index (κ3) is 7.88. The minimum absolute atomic E-state index is 0.128. The van der Waals surface area contributed by atoms with Crippen LogP contribution in [0.25, 0.3) is 6.08 Å². The Hall–Kier alpha value is -2.98. The van der Waals surface area contributed by atoms with E-state index in [-0.39, 0.29) is 11.3 Å². The number of amides is 1. The van der Waals surface area contributed by atoms with E-state index in [1.54, 1.807) is 30.3 Å². The molecule has 1 aromatic heterocycles. The molecule has 10 heteroatoms. The zero-order valence-corrected chi connectivity index (χ0v) is 17.2. The van der Waals surface area contributed by atoms with Gasteiger partial charge in [-0.25, -0.2) is 13.1 Å². The van der Waals surface area contributed by atoms with Gasteiger partial charge in [0.25, 0.3) is 5.91 Å². The molecule has 0 aliphatic heterocycles. The van der Waals surface area contributed by atoms with Crippen LogP contribution in [0.1, 0.15) is 32.0 Å². The number of rotatable bonds is 8. The number of carbonyl (C=O) groups is 2. The van der Waals surface area contributed by atoms with Crippen molar-refractivity contribution in [1.29, 1.82) is 0 Å². The van der Waals surface area contributed by atoms with Gasteiger partial charge in [0.15, 0.2) is 6.61 Å². The van der Waals surface area contributed by atoms with Crippen LogP contribution in [0, 0.1) is 0 Å². The van der Waals surface area contributed by atoms with Crippen molar-refractivity contribution < 1.29 is 27.3 Å². The second kappa shape index (κ2) is 9.48.